The zero-order valence-corrected chi connectivity index (χ0v) is 18.1. The fourth-order valence-electron chi connectivity index (χ4n) is 5.26. The number of esters is 1. The average Bonchev–Trinajstić information content (AvgIpc) is 3.20. The number of fused-ring (bicyclic) bond motifs is 2. The third kappa shape index (κ3) is 4.27. The van der Waals surface area contributed by atoms with E-state index in [0.29, 0.717) is 11.8 Å². The molecule has 0 spiro atoms. The number of allylic oxidation sites excluding steroid dienone is 1. The maximum absolute atomic E-state index is 11.5. The van der Waals surface area contributed by atoms with Crippen molar-refractivity contribution in [3.8, 4) is 0 Å². The molecule has 3 unspecified atom stereocenters. The molecule has 2 aromatic rings. The normalized spacial score (nSPS) is 26.3. The van der Waals surface area contributed by atoms with E-state index in [4.69, 9.17) is 9.26 Å². The second-order valence-electron chi connectivity index (χ2n) is 8.89. The molecule has 0 aliphatic heterocycles. The molecular weight excluding hydrogens is 378 g/mol. The third-order valence-electron chi connectivity index (χ3n) is 6.95. The molecule has 160 valence electrons. The summed E-state index contributed by atoms with van der Waals surface area (Å²) in [5.41, 5.74) is 3.11. The van der Waals surface area contributed by atoms with Gasteiger partial charge in [-0.3, -0.25) is 0 Å². The van der Waals surface area contributed by atoms with Gasteiger partial charge in [0.1, 0.15) is 0 Å². The number of benzene rings is 1. The zero-order valence-electron chi connectivity index (χ0n) is 18.1. The molecule has 0 saturated heterocycles. The lowest BCUT2D eigenvalue weighted by molar-refractivity contribution is -0.134. The van der Waals surface area contributed by atoms with Gasteiger partial charge in [-0.05, 0) is 74.6 Å². The summed E-state index contributed by atoms with van der Waals surface area (Å²) in [6, 6.07) is 8.23. The number of ether oxygens (including phenoxy) is 1. The van der Waals surface area contributed by atoms with E-state index in [-0.39, 0.29) is 11.4 Å². The number of nitrogens with zero attached hydrogens (tertiary/aromatic N) is 2. The molecule has 4 rings (SSSR count). The molecule has 2 aliphatic rings. The van der Waals surface area contributed by atoms with E-state index in [9.17, 15) is 4.79 Å². The summed E-state index contributed by atoms with van der Waals surface area (Å²) < 4.78 is 10.3. The SMILES string of the molecule is COC(=O)/C=C(\C)c1cccc(NCC2CCC3(c4nc(C)no4)CCCC2C3)c1. The molecule has 1 aromatic carbocycles. The Balaban J connectivity index is 1.40. The molecule has 30 heavy (non-hydrogen) atoms. The first-order valence-corrected chi connectivity index (χ1v) is 10.9. The standard InChI is InChI=1S/C24H31N3O3/c1-16(12-22(28)29-3)18-6-4-8-21(13-18)25-15-20-9-11-24(10-5-7-19(20)14-24)23-26-17(2)27-30-23/h4,6,8,12-13,19-20,25H,5,7,9-11,14-15H2,1-3H3/b16-12+. The van der Waals surface area contributed by atoms with Crippen LogP contribution in [0.15, 0.2) is 34.9 Å². The minimum Gasteiger partial charge on any atom is -0.466 e. The van der Waals surface area contributed by atoms with E-state index < -0.39 is 0 Å². The van der Waals surface area contributed by atoms with Gasteiger partial charge in [0.05, 0.1) is 7.11 Å². The Bertz CT molecular complexity index is 935. The number of nitrogens with one attached hydrogen (secondary N) is 1. The fourth-order valence-corrected chi connectivity index (χ4v) is 5.26. The molecule has 2 fully saturated rings. The molecule has 3 atom stereocenters. The van der Waals surface area contributed by atoms with Crippen molar-refractivity contribution in [2.24, 2.45) is 11.8 Å². The van der Waals surface area contributed by atoms with Crippen molar-refractivity contribution in [3.05, 3.63) is 47.6 Å². The van der Waals surface area contributed by atoms with Crippen LogP contribution in [-0.2, 0) is 14.9 Å². The Morgan fingerprint density at radius 3 is 3.00 bits per heavy atom. The highest BCUT2D eigenvalue weighted by Gasteiger charge is 2.47. The number of hydrogen-bond acceptors (Lipinski definition) is 6. The van der Waals surface area contributed by atoms with Gasteiger partial charge in [0.2, 0.25) is 5.89 Å². The predicted molar refractivity (Wildman–Crippen MR) is 116 cm³/mol. The van der Waals surface area contributed by atoms with Crippen molar-refractivity contribution in [1.82, 2.24) is 10.1 Å². The van der Waals surface area contributed by atoms with Crippen LogP contribution in [0.3, 0.4) is 0 Å². The van der Waals surface area contributed by atoms with Gasteiger partial charge in [-0.1, -0.05) is 30.1 Å². The van der Waals surface area contributed by atoms with Crippen LogP contribution in [-0.4, -0.2) is 29.8 Å². The van der Waals surface area contributed by atoms with E-state index in [1.165, 1.54) is 38.9 Å². The van der Waals surface area contributed by atoms with Crippen LogP contribution in [0.2, 0.25) is 0 Å². The van der Waals surface area contributed by atoms with Gasteiger partial charge in [0, 0.05) is 23.7 Å². The average molecular weight is 410 g/mol. The molecule has 2 aliphatic carbocycles. The van der Waals surface area contributed by atoms with Crippen LogP contribution in [0, 0.1) is 18.8 Å². The van der Waals surface area contributed by atoms with Crippen LogP contribution in [0.1, 0.15) is 62.7 Å². The van der Waals surface area contributed by atoms with Crippen molar-refractivity contribution in [2.45, 2.75) is 57.8 Å². The predicted octanol–water partition coefficient (Wildman–Crippen LogP) is 4.90. The zero-order chi connectivity index (χ0) is 21.1. The molecule has 0 amide bonds. The van der Waals surface area contributed by atoms with Crippen molar-refractivity contribution < 1.29 is 14.1 Å². The summed E-state index contributed by atoms with van der Waals surface area (Å²) in [6.07, 6.45) is 8.67. The summed E-state index contributed by atoms with van der Waals surface area (Å²) in [7, 11) is 1.40. The quantitative estimate of drug-likeness (QED) is 0.540. The lowest BCUT2D eigenvalue weighted by Crippen LogP contribution is -2.42. The van der Waals surface area contributed by atoms with E-state index in [0.717, 1.165) is 47.9 Å². The van der Waals surface area contributed by atoms with Crippen molar-refractivity contribution in [3.63, 3.8) is 0 Å². The van der Waals surface area contributed by atoms with Gasteiger partial charge in [-0.2, -0.15) is 4.98 Å². The lowest BCUT2D eigenvalue weighted by Gasteiger charge is -2.46. The Hall–Kier alpha value is -2.63. The van der Waals surface area contributed by atoms with Gasteiger partial charge < -0.3 is 14.6 Å². The molecule has 0 radical (unpaired) electrons. The van der Waals surface area contributed by atoms with Gasteiger partial charge in [0.15, 0.2) is 5.82 Å². The summed E-state index contributed by atoms with van der Waals surface area (Å²) >= 11 is 0. The summed E-state index contributed by atoms with van der Waals surface area (Å²) in [5.74, 6) is 2.61. The highest BCUT2D eigenvalue weighted by Crippen LogP contribution is 2.52. The maximum Gasteiger partial charge on any atom is 0.330 e. The van der Waals surface area contributed by atoms with Crippen LogP contribution in [0.25, 0.3) is 5.57 Å². The Labute approximate surface area is 178 Å². The molecule has 2 bridgehead atoms. The number of carbonyl (C=O) groups is 1. The number of aryl methyl sites for hydroxylation is 1. The van der Waals surface area contributed by atoms with Gasteiger partial charge in [0.25, 0.3) is 0 Å². The lowest BCUT2D eigenvalue weighted by atomic mass is 9.58. The summed E-state index contributed by atoms with van der Waals surface area (Å²) in [5, 5.41) is 7.68. The fraction of sp³-hybridized carbons (Fsp3) is 0.542. The molecule has 1 N–H and O–H groups in total. The number of hydrogen-bond donors (Lipinski definition) is 1. The third-order valence-corrected chi connectivity index (χ3v) is 6.95. The number of carbonyl (C=O) groups excluding carboxylic acids is 1. The number of aromatic nitrogens is 2. The highest BCUT2D eigenvalue weighted by atomic mass is 16.5. The molecule has 6 heteroatoms. The van der Waals surface area contributed by atoms with Crippen molar-refractivity contribution in [1.29, 1.82) is 0 Å². The first kappa shape index (κ1) is 20.6. The van der Waals surface area contributed by atoms with E-state index in [1.807, 2.05) is 26.0 Å². The minimum absolute atomic E-state index is 0.0936. The van der Waals surface area contributed by atoms with E-state index >= 15 is 0 Å². The largest absolute Gasteiger partial charge is 0.466 e. The number of rotatable bonds is 6. The Morgan fingerprint density at radius 2 is 2.23 bits per heavy atom. The monoisotopic (exact) mass is 409 g/mol. The number of methoxy groups -OCH3 is 1. The molecule has 6 nitrogen and oxygen atoms in total. The summed E-state index contributed by atoms with van der Waals surface area (Å²) in [4.78, 5) is 16.1. The number of anilines is 1. The Kier molecular flexibility index (Phi) is 5.93. The van der Waals surface area contributed by atoms with Crippen molar-refractivity contribution >= 4 is 17.2 Å². The van der Waals surface area contributed by atoms with Crippen molar-refractivity contribution in [2.75, 3.05) is 19.0 Å². The van der Waals surface area contributed by atoms with Gasteiger partial charge >= 0.3 is 5.97 Å². The molecular formula is C24H31N3O3. The first-order chi connectivity index (χ1) is 14.5. The topological polar surface area (TPSA) is 77.2 Å². The van der Waals surface area contributed by atoms with Crippen LogP contribution < -0.4 is 5.32 Å². The second-order valence-corrected chi connectivity index (χ2v) is 8.89. The minimum atomic E-state index is -0.328. The first-order valence-electron chi connectivity index (χ1n) is 10.9. The van der Waals surface area contributed by atoms with Crippen LogP contribution in [0.4, 0.5) is 5.69 Å². The smallest absolute Gasteiger partial charge is 0.330 e. The molecule has 1 heterocycles. The van der Waals surface area contributed by atoms with Gasteiger partial charge in [-0.15, -0.1) is 0 Å². The van der Waals surface area contributed by atoms with Crippen LogP contribution in [0.5, 0.6) is 0 Å². The van der Waals surface area contributed by atoms with E-state index in [2.05, 4.69) is 27.6 Å². The summed E-state index contributed by atoms with van der Waals surface area (Å²) in [6.45, 7) is 4.79. The van der Waals surface area contributed by atoms with Crippen LogP contribution >= 0.6 is 0 Å². The molecule has 1 aromatic heterocycles. The molecule has 2 saturated carbocycles. The Morgan fingerprint density at radius 1 is 1.37 bits per heavy atom. The second kappa shape index (κ2) is 8.62. The maximum atomic E-state index is 11.5. The highest BCUT2D eigenvalue weighted by molar-refractivity contribution is 5.91. The van der Waals surface area contributed by atoms with E-state index in [1.54, 1.807) is 0 Å². The van der Waals surface area contributed by atoms with Gasteiger partial charge in [-0.25, -0.2) is 4.79 Å².